The van der Waals surface area contributed by atoms with E-state index in [-0.39, 0.29) is 11.3 Å². The summed E-state index contributed by atoms with van der Waals surface area (Å²) >= 11 is 1.15. The molecule has 0 saturated heterocycles. The lowest BCUT2D eigenvalue weighted by Crippen LogP contribution is -2.12. The number of alkyl halides is 3. The van der Waals surface area contributed by atoms with Crippen LogP contribution in [-0.4, -0.2) is 10.9 Å². The standard InChI is InChI=1S/C13H8F3N3OS/c1-7-18-6-11(21-7)12(20)19-10-3-2-9(13(14,15)16)4-8(10)5-17/h2-4,6H,1H3,(H,19,20). The smallest absolute Gasteiger partial charge is 0.320 e. The molecule has 1 amide bonds. The molecule has 0 spiro atoms. The highest BCUT2D eigenvalue weighted by Crippen LogP contribution is 2.31. The quantitative estimate of drug-likeness (QED) is 0.921. The van der Waals surface area contributed by atoms with Crippen molar-refractivity contribution < 1.29 is 18.0 Å². The first kappa shape index (κ1) is 15.0. The van der Waals surface area contributed by atoms with E-state index in [2.05, 4.69) is 10.3 Å². The monoisotopic (exact) mass is 311 g/mol. The van der Waals surface area contributed by atoms with Crippen LogP contribution in [0.25, 0.3) is 0 Å². The van der Waals surface area contributed by atoms with Crippen molar-refractivity contribution in [2.24, 2.45) is 0 Å². The maximum Gasteiger partial charge on any atom is 0.416 e. The van der Waals surface area contributed by atoms with E-state index in [1.165, 1.54) is 6.20 Å². The molecule has 0 aliphatic heterocycles. The van der Waals surface area contributed by atoms with Gasteiger partial charge in [0.1, 0.15) is 10.9 Å². The molecule has 0 atom stereocenters. The summed E-state index contributed by atoms with van der Waals surface area (Å²) in [7, 11) is 0. The summed E-state index contributed by atoms with van der Waals surface area (Å²) in [6.45, 7) is 1.72. The third-order valence-electron chi connectivity index (χ3n) is 2.56. The fraction of sp³-hybridized carbons (Fsp3) is 0.154. The molecule has 2 rings (SSSR count). The molecule has 0 aliphatic rings. The zero-order chi connectivity index (χ0) is 15.6. The van der Waals surface area contributed by atoms with Crippen molar-refractivity contribution in [1.82, 2.24) is 4.98 Å². The van der Waals surface area contributed by atoms with Gasteiger partial charge < -0.3 is 5.32 Å². The van der Waals surface area contributed by atoms with Gasteiger partial charge in [-0.25, -0.2) is 4.98 Å². The minimum atomic E-state index is -4.54. The summed E-state index contributed by atoms with van der Waals surface area (Å²) in [5.74, 6) is -0.517. The van der Waals surface area contributed by atoms with Crippen molar-refractivity contribution in [1.29, 1.82) is 5.26 Å². The van der Waals surface area contributed by atoms with Gasteiger partial charge in [-0.1, -0.05) is 0 Å². The summed E-state index contributed by atoms with van der Waals surface area (Å²) in [5, 5.41) is 12.0. The van der Waals surface area contributed by atoms with Gasteiger partial charge in [-0.2, -0.15) is 18.4 Å². The number of halogens is 3. The van der Waals surface area contributed by atoms with Gasteiger partial charge in [0.2, 0.25) is 0 Å². The Kier molecular flexibility index (Phi) is 3.95. The van der Waals surface area contributed by atoms with Crippen LogP contribution in [0.5, 0.6) is 0 Å². The molecule has 4 nitrogen and oxygen atoms in total. The Bertz CT molecular complexity index is 731. The number of carbonyl (C=O) groups is 1. The van der Waals surface area contributed by atoms with Crippen LogP contribution in [0.3, 0.4) is 0 Å². The molecule has 108 valence electrons. The van der Waals surface area contributed by atoms with Crippen LogP contribution >= 0.6 is 11.3 Å². The SMILES string of the molecule is Cc1ncc(C(=O)Nc2ccc(C(F)(F)F)cc2C#N)s1. The number of anilines is 1. The predicted octanol–water partition coefficient (Wildman–Crippen LogP) is 3.59. The second kappa shape index (κ2) is 5.54. The van der Waals surface area contributed by atoms with Crippen LogP contribution < -0.4 is 5.32 Å². The second-order valence-corrected chi connectivity index (χ2v) is 5.30. The lowest BCUT2D eigenvalue weighted by molar-refractivity contribution is -0.137. The maximum absolute atomic E-state index is 12.6. The van der Waals surface area contributed by atoms with E-state index in [0.29, 0.717) is 16.0 Å². The minimum Gasteiger partial charge on any atom is -0.320 e. The normalized spacial score (nSPS) is 11.0. The number of nitriles is 1. The molecule has 1 aromatic heterocycles. The molecule has 0 saturated carbocycles. The highest BCUT2D eigenvalue weighted by atomic mass is 32.1. The summed E-state index contributed by atoms with van der Waals surface area (Å²) in [6.07, 6.45) is -3.17. The van der Waals surface area contributed by atoms with Gasteiger partial charge in [-0.15, -0.1) is 11.3 Å². The molecule has 0 aliphatic carbocycles. The molecule has 0 radical (unpaired) electrons. The van der Waals surface area contributed by atoms with Crippen molar-refractivity contribution in [3.8, 4) is 6.07 Å². The lowest BCUT2D eigenvalue weighted by atomic mass is 10.1. The van der Waals surface area contributed by atoms with Crippen molar-refractivity contribution >= 4 is 22.9 Å². The number of hydrogen-bond acceptors (Lipinski definition) is 4. The number of aromatic nitrogens is 1. The number of amides is 1. The molecule has 1 aromatic carbocycles. The molecule has 1 heterocycles. The summed E-state index contributed by atoms with van der Waals surface area (Å²) < 4.78 is 37.7. The van der Waals surface area contributed by atoms with E-state index in [1.807, 2.05) is 0 Å². The van der Waals surface area contributed by atoms with E-state index in [0.717, 1.165) is 23.5 Å². The molecule has 2 aromatic rings. The maximum atomic E-state index is 12.6. The summed E-state index contributed by atoms with van der Waals surface area (Å²) in [6, 6.07) is 4.22. The number of nitrogens with one attached hydrogen (secondary N) is 1. The summed E-state index contributed by atoms with van der Waals surface area (Å²) in [5.41, 5.74) is -1.16. The van der Waals surface area contributed by atoms with E-state index < -0.39 is 17.6 Å². The van der Waals surface area contributed by atoms with Gasteiger partial charge in [0.25, 0.3) is 5.91 Å². The molecule has 21 heavy (non-hydrogen) atoms. The molecule has 8 heteroatoms. The fourth-order valence-corrected chi connectivity index (χ4v) is 2.25. The van der Waals surface area contributed by atoms with Gasteiger partial charge in [-0.3, -0.25) is 4.79 Å². The number of hydrogen-bond donors (Lipinski definition) is 1. The Labute approximate surface area is 121 Å². The average Bonchev–Trinajstić information content (AvgIpc) is 2.84. The minimum absolute atomic E-state index is 0.0292. The van der Waals surface area contributed by atoms with Crippen molar-refractivity contribution in [2.75, 3.05) is 5.32 Å². The number of aryl methyl sites for hydroxylation is 1. The molecular weight excluding hydrogens is 303 g/mol. The molecule has 0 bridgehead atoms. The Morgan fingerprint density at radius 1 is 1.43 bits per heavy atom. The van der Waals surface area contributed by atoms with Crippen molar-refractivity contribution in [3.05, 3.63) is 45.4 Å². The van der Waals surface area contributed by atoms with E-state index in [4.69, 9.17) is 5.26 Å². The van der Waals surface area contributed by atoms with Gasteiger partial charge in [-0.05, 0) is 25.1 Å². The number of rotatable bonds is 2. The zero-order valence-electron chi connectivity index (χ0n) is 10.7. The van der Waals surface area contributed by atoms with Crippen molar-refractivity contribution in [3.63, 3.8) is 0 Å². The molecular formula is C13H8F3N3OS. The van der Waals surface area contributed by atoms with E-state index in [9.17, 15) is 18.0 Å². The highest BCUT2D eigenvalue weighted by Gasteiger charge is 2.31. The molecule has 0 fully saturated rings. The topological polar surface area (TPSA) is 65.8 Å². The van der Waals surface area contributed by atoms with Gasteiger partial charge >= 0.3 is 6.18 Å². The van der Waals surface area contributed by atoms with Crippen LogP contribution in [0.4, 0.5) is 18.9 Å². The first-order valence-electron chi connectivity index (χ1n) is 5.66. The van der Waals surface area contributed by atoms with E-state index >= 15 is 0 Å². The second-order valence-electron chi connectivity index (χ2n) is 4.07. The first-order chi connectivity index (χ1) is 9.81. The fourth-order valence-electron chi connectivity index (χ4n) is 1.57. The highest BCUT2D eigenvalue weighted by molar-refractivity contribution is 7.13. The lowest BCUT2D eigenvalue weighted by Gasteiger charge is -2.10. The third-order valence-corrected chi connectivity index (χ3v) is 3.47. The van der Waals surface area contributed by atoms with E-state index in [1.54, 1.807) is 13.0 Å². The van der Waals surface area contributed by atoms with Crippen LogP contribution in [-0.2, 0) is 6.18 Å². The molecule has 1 N–H and O–H groups in total. The first-order valence-corrected chi connectivity index (χ1v) is 6.48. The van der Waals surface area contributed by atoms with Crippen LogP contribution in [0.15, 0.2) is 24.4 Å². The van der Waals surface area contributed by atoms with Crippen LogP contribution in [0.2, 0.25) is 0 Å². The Balaban J connectivity index is 2.29. The van der Waals surface area contributed by atoms with Crippen LogP contribution in [0.1, 0.15) is 25.8 Å². The van der Waals surface area contributed by atoms with Gasteiger partial charge in [0, 0.05) is 0 Å². The van der Waals surface area contributed by atoms with Gasteiger partial charge in [0.05, 0.1) is 28.0 Å². The number of nitrogens with zero attached hydrogens (tertiary/aromatic N) is 2. The predicted molar refractivity (Wildman–Crippen MR) is 71.0 cm³/mol. The zero-order valence-corrected chi connectivity index (χ0v) is 11.5. The Hall–Kier alpha value is -2.40. The number of thiazole rings is 1. The third kappa shape index (κ3) is 3.38. The Morgan fingerprint density at radius 2 is 2.14 bits per heavy atom. The number of benzene rings is 1. The van der Waals surface area contributed by atoms with Crippen molar-refractivity contribution in [2.45, 2.75) is 13.1 Å². The van der Waals surface area contributed by atoms with Gasteiger partial charge in [0.15, 0.2) is 0 Å². The largest absolute Gasteiger partial charge is 0.416 e. The summed E-state index contributed by atoms with van der Waals surface area (Å²) in [4.78, 5) is 16.1. The Morgan fingerprint density at radius 3 is 2.67 bits per heavy atom. The average molecular weight is 311 g/mol. The molecule has 0 unspecified atom stereocenters. The van der Waals surface area contributed by atoms with Crippen LogP contribution in [0, 0.1) is 18.3 Å². The number of carbonyl (C=O) groups excluding carboxylic acids is 1.